The zero-order valence-electron chi connectivity index (χ0n) is 17.4. The Balaban J connectivity index is 1.46. The third-order valence-electron chi connectivity index (χ3n) is 4.57. The number of thiophene rings is 1. The van der Waals surface area contributed by atoms with Crippen LogP contribution in [0.15, 0.2) is 66.2 Å². The summed E-state index contributed by atoms with van der Waals surface area (Å²) < 4.78 is 22.6. The SMILES string of the molecule is CCOC(=O)Oc1cnc(N)c2c(COc3cccc(OCc4ccccc4)c3)csc12. The Morgan fingerprint density at radius 2 is 1.78 bits per heavy atom. The smallest absolute Gasteiger partial charge is 0.489 e. The number of aromatic nitrogens is 1. The highest BCUT2D eigenvalue weighted by Crippen LogP contribution is 2.37. The predicted octanol–water partition coefficient (Wildman–Crippen LogP) is 5.57. The fourth-order valence-electron chi connectivity index (χ4n) is 3.08. The van der Waals surface area contributed by atoms with E-state index >= 15 is 0 Å². The van der Waals surface area contributed by atoms with E-state index in [1.165, 1.54) is 17.5 Å². The molecule has 0 aliphatic carbocycles. The van der Waals surface area contributed by atoms with Gasteiger partial charge in [0.15, 0.2) is 5.75 Å². The van der Waals surface area contributed by atoms with Gasteiger partial charge in [0.05, 0.1) is 17.5 Å². The van der Waals surface area contributed by atoms with Crippen LogP contribution in [0.2, 0.25) is 0 Å². The summed E-state index contributed by atoms with van der Waals surface area (Å²) in [5.74, 6) is 2.03. The first-order valence-corrected chi connectivity index (χ1v) is 10.9. The lowest BCUT2D eigenvalue weighted by Gasteiger charge is -2.10. The van der Waals surface area contributed by atoms with Crippen LogP contribution in [0.1, 0.15) is 18.1 Å². The van der Waals surface area contributed by atoms with Crippen molar-refractivity contribution in [3.05, 3.63) is 77.3 Å². The summed E-state index contributed by atoms with van der Waals surface area (Å²) in [6.45, 7) is 2.68. The maximum Gasteiger partial charge on any atom is 0.513 e. The fraction of sp³-hybridized carbons (Fsp3) is 0.167. The summed E-state index contributed by atoms with van der Waals surface area (Å²) in [5, 5.41) is 2.62. The van der Waals surface area contributed by atoms with Crippen molar-refractivity contribution >= 4 is 33.4 Å². The summed E-state index contributed by atoms with van der Waals surface area (Å²) in [5.41, 5.74) is 8.03. The molecule has 0 saturated heterocycles. The van der Waals surface area contributed by atoms with Crippen LogP contribution in [0.5, 0.6) is 17.2 Å². The van der Waals surface area contributed by atoms with Crippen molar-refractivity contribution in [1.29, 1.82) is 0 Å². The summed E-state index contributed by atoms with van der Waals surface area (Å²) in [7, 11) is 0. The summed E-state index contributed by atoms with van der Waals surface area (Å²) in [4.78, 5) is 15.9. The number of anilines is 1. The van der Waals surface area contributed by atoms with Crippen molar-refractivity contribution in [3.8, 4) is 17.2 Å². The number of hydrogen-bond donors (Lipinski definition) is 1. The fourth-order valence-corrected chi connectivity index (χ4v) is 4.09. The maximum absolute atomic E-state index is 11.7. The molecule has 8 heteroatoms. The molecule has 4 rings (SSSR count). The standard InChI is InChI=1S/C24H22N2O5S/c1-2-28-24(27)31-20-12-26-23(25)21-17(15-32-22(20)21)14-30-19-10-6-9-18(11-19)29-13-16-7-4-3-5-8-16/h3-12,15H,2,13-14H2,1H3,(H2,25,26). The van der Waals surface area contributed by atoms with E-state index in [9.17, 15) is 4.79 Å². The van der Waals surface area contributed by atoms with Gasteiger partial charge in [-0.05, 0) is 30.0 Å². The molecule has 0 radical (unpaired) electrons. The number of hydrogen-bond acceptors (Lipinski definition) is 8. The largest absolute Gasteiger partial charge is 0.513 e. The number of rotatable bonds is 8. The topological polar surface area (TPSA) is 92.9 Å². The van der Waals surface area contributed by atoms with Crippen LogP contribution >= 0.6 is 11.3 Å². The number of pyridine rings is 1. The molecule has 7 nitrogen and oxygen atoms in total. The third-order valence-corrected chi connectivity index (χ3v) is 5.62. The Labute approximate surface area is 189 Å². The molecule has 2 N–H and O–H groups in total. The third kappa shape index (κ3) is 5.09. The average molecular weight is 451 g/mol. The van der Waals surface area contributed by atoms with Crippen LogP contribution in [-0.4, -0.2) is 17.7 Å². The van der Waals surface area contributed by atoms with Gasteiger partial charge in [0.2, 0.25) is 0 Å². The highest BCUT2D eigenvalue weighted by molar-refractivity contribution is 7.17. The Morgan fingerprint density at radius 1 is 1.03 bits per heavy atom. The molecule has 2 heterocycles. The molecule has 32 heavy (non-hydrogen) atoms. The van der Waals surface area contributed by atoms with Crippen molar-refractivity contribution in [1.82, 2.24) is 4.98 Å². The molecule has 0 saturated carbocycles. The van der Waals surface area contributed by atoms with Crippen LogP contribution < -0.4 is 19.9 Å². The molecule has 0 fully saturated rings. The van der Waals surface area contributed by atoms with Crippen molar-refractivity contribution in [3.63, 3.8) is 0 Å². The zero-order valence-corrected chi connectivity index (χ0v) is 18.3. The van der Waals surface area contributed by atoms with Crippen LogP contribution in [-0.2, 0) is 18.0 Å². The van der Waals surface area contributed by atoms with E-state index in [0.29, 0.717) is 39.8 Å². The molecule has 2 aromatic heterocycles. The lowest BCUT2D eigenvalue weighted by molar-refractivity contribution is 0.105. The quantitative estimate of drug-likeness (QED) is 0.351. The molecular weight excluding hydrogens is 428 g/mol. The molecule has 0 amide bonds. The first-order chi connectivity index (χ1) is 15.6. The number of nitrogens with two attached hydrogens (primary N) is 1. The second kappa shape index (κ2) is 10.0. The van der Waals surface area contributed by atoms with Crippen LogP contribution in [0.25, 0.3) is 10.1 Å². The summed E-state index contributed by atoms with van der Waals surface area (Å²) in [6.07, 6.45) is 0.641. The first-order valence-electron chi connectivity index (χ1n) is 10.0. The number of fused-ring (bicyclic) bond motifs is 1. The molecule has 0 spiro atoms. The molecule has 2 aromatic carbocycles. The monoisotopic (exact) mass is 450 g/mol. The molecule has 0 bridgehead atoms. The van der Waals surface area contributed by atoms with Crippen LogP contribution in [0.4, 0.5) is 10.6 Å². The van der Waals surface area contributed by atoms with Crippen molar-refractivity contribution in [2.45, 2.75) is 20.1 Å². The number of nitrogens with zero attached hydrogens (tertiary/aromatic N) is 1. The van der Waals surface area contributed by atoms with Crippen molar-refractivity contribution in [2.75, 3.05) is 12.3 Å². The van der Waals surface area contributed by atoms with E-state index in [0.717, 1.165) is 11.1 Å². The number of carbonyl (C=O) groups excluding carboxylic acids is 1. The van der Waals surface area contributed by atoms with Gasteiger partial charge in [0.1, 0.15) is 30.5 Å². The Morgan fingerprint density at radius 3 is 2.53 bits per heavy atom. The number of ether oxygens (including phenoxy) is 4. The summed E-state index contributed by atoms with van der Waals surface area (Å²) >= 11 is 1.40. The molecule has 164 valence electrons. The van der Waals surface area contributed by atoms with E-state index in [-0.39, 0.29) is 13.2 Å². The highest BCUT2D eigenvalue weighted by atomic mass is 32.1. The van der Waals surface area contributed by atoms with Gasteiger partial charge in [-0.3, -0.25) is 0 Å². The Hall–Kier alpha value is -3.78. The highest BCUT2D eigenvalue weighted by Gasteiger charge is 2.17. The minimum Gasteiger partial charge on any atom is -0.489 e. The Kier molecular flexibility index (Phi) is 6.72. The van der Waals surface area contributed by atoms with E-state index in [4.69, 9.17) is 24.7 Å². The predicted molar refractivity (Wildman–Crippen MR) is 123 cm³/mol. The number of nitrogen functional groups attached to an aromatic ring is 1. The van der Waals surface area contributed by atoms with Gasteiger partial charge < -0.3 is 24.7 Å². The van der Waals surface area contributed by atoms with Gasteiger partial charge in [-0.15, -0.1) is 11.3 Å². The number of benzene rings is 2. The van der Waals surface area contributed by atoms with Gasteiger partial charge in [0, 0.05) is 17.0 Å². The van der Waals surface area contributed by atoms with Crippen LogP contribution in [0.3, 0.4) is 0 Å². The minimum atomic E-state index is -0.779. The minimum absolute atomic E-state index is 0.224. The van der Waals surface area contributed by atoms with Gasteiger partial charge in [-0.1, -0.05) is 36.4 Å². The summed E-state index contributed by atoms with van der Waals surface area (Å²) in [6, 6.07) is 17.4. The zero-order chi connectivity index (χ0) is 22.3. The van der Waals surface area contributed by atoms with Crippen molar-refractivity contribution < 1.29 is 23.7 Å². The lowest BCUT2D eigenvalue weighted by atomic mass is 10.2. The van der Waals surface area contributed by atoms with Crippen LogP contribution in [0, 0.1) is 0 Å². The molecule has 0 aliphatic rings. The molecule has 0 aliphatic heterocycles. The second-order valence-corrected chi connectivity index (χ2v) is 7.68. The van der Waals surface area contributed by atoms with Gasteiger partial charge in [0.25, 0.3) is 0 Å². The molecule has 0 unspecified atom stereocenters. The maximum atomic E-state index is 11.7. The molecule has 4 aromatic rings. The lowest BCUT2D eigenvalue weighted by Crippen LogP contribution is -2.10. The Bertz CT molecular complexity index is 1210. The van der Waals surface area contributed by atoms with E-state index in [1.54, 1.807) is 6.92 Å². The molecular formula is C24H22N2O5S. The number of carbonyl (C=O) groups is 1. The van der Waals surface area contributed by atoms with Crippen molar-refractivity contribution in [2.24, 2.45) is 0 Å². The molecule has 0 atom stereocenters. The van der Waals surface area contributed by atoms with Gasteiger partial charge >= 0.3 is 6.16 Å². The van der Waals surface area contributed by atoms with Gasteiger partial charge in [-0.2, -0.15) is 0 Å². The van der Waals surface area contributed by atoms with E-state index in [2.05, 4.69) is 4.98 Å². The van der Waals surface area contributed by atoms with Gasteiger partial charge in [-0.25, -0.2) is 9.78 Å². The van der Waals surface area contributed by atoms with E-state index in [1.807, 2.05) is 60.0 Å². The first kappa shape index (κ1) is 21.5. The average Bonchev–Trinajstić information content (AvgIpc) is 3.25. The van der Waals surface area contributed by atoms with E-state index < -0.39 is 6.16 Å². The second-order valence-electron chi connectivity index (χ2n) is 6.80. The normalized spacial score (nSPS) is 10.7.